The number of benzene rings is 2. The van der Waals surface area contributed by atoms with Crippen LogP contribution in [0.25, 0.3) is 10.9 Å². The highest BCUT2D eigenvalue weighted by atomic mass is 35.5. The molecule has 0 saturated heterocycles. The third-order valence-corrected chi connectivity index (χ3v) is 3.31. The summed E-state index contributed by atoms with van der Waals surface area (Å²) in [6.07, 6.45) is 1.55. The summed E-state index contributed by atoms with van der Waals surface area (Å²) in [5.41, 5.74) is 1.54. The molecule has 1 aromatic heterocycles. The van der Waals surface area contributed by atoms with Crippen molar-refractivity contribution in [3.05, 3.63) is 75.8 Å². The van der Waals surface area contributed by atoms with E-state index in [0.29, 0.717) is 22.5 Å². The second-order valence-corrected chi connectivity index (χ2v) is 4.71. The Balaban J connectivity index is 2.11. The molecule has 0 aliphatic rings. The fourth-order valence-electron chi connectivity index (χ4n) is 2.05. The van der Waals surface area contributed by atoms with Crippen LogP contribution in [0.1, 0.15) is 5.56 Å². The molecular weight excluding hydrogens is 260 g/mol. The molecule has 0 N–H and O–H groups in total. The first-order valence-corrected chi connectivity index (χ1v) is 6.31. The summed E-state index contributed by atoms with van der Waals surface area (Å²) in [4.78, 5) is 16.6. The molecular formula is C15H11ClN2O. The minimum atomic E-state index is -0.0728. The molecule has 2 aromatic carbocycles. The Morgan fingerprint density at radius 3 is 2.63 bits per heavy atom. The quantitative estimate of drug-likeness (QED) is 0.717. The van der Waals surface area contributed by atoms with Gasteiger partial charge in [-0.25, -0.2) is 4.98 Å². The maximum absolute atomic E-state index is 12.3. The van der Waals surface area contributed by atoms with Crippen molar-refractivity contribution in [1.29, 1.82) is 0 Å². The molecule has 0 unspecified atom stereocenters. The summed E-state index contributed by atoms with van der Waals surface area (Å²) in [6.45, 7) is 0.509. The van der Waals surface area contributed by atoms with E-state index < -0.39 is 0 Å². The van der Waals surface area contributed by atoms with Crippen molar-refractivity contribution in [1.82, 2.24) is 9.55 Å². The zero-order valence-corrected chi connectivity index (χ0v) is 10.8. The van der Waals surface area contributed by atoms with Crippen LogP contribution < -0.4 is 5.56 Å². The third-order valence-electron chi connectivity index (χ3n) is 3.00. The van der Waals surface area contributed by atoms with E-state index in [1.807, 2.05) is 30.3 Å². The number of para-hydroxylation sites is 1. The van der Waals surface area contributed by atoms with Crippen molar-refractivity contribution < 1.29 is 0 Å². The van der Waals surface area contributed by atoms with Gasteiger partial charge in [-0.3, -0.25) is 9.36 Å². The topological polar surface area (TPSA) is 34.9 Å². The van der Waals surface area contributed by atoms with Crippen molar-refractivity contribution in [3.8, 4) is 0 Å². The predicted octanol–water partition coefficient (Wildman–Crippen LogP) is 3.10. The maximum atomic E-state index is 12.3. The molecule has 0 aliphatic heterocycles. The van der Waals surface area contributed by atoms with E-state index >= 15 is 0 Å². The molecule has 0 spiro atoms. The number of nitrogens with zero attached hydrogens (tertiary/aromatic N) is 2. The molecule has 0 saturated carbocycles. The largest absolute Gasteiger partial charge is 0.294 e. The van der Waals surface area contributed by atoms with Gasteiger partial charge in [0.1, 0.15) is 0 Å². The first kappa shape index (κ1) is 11.9. The molecule has 19 heavy (non-hydrogen) atoms. The molecule has 0 aliphatic carbocycles. The van der Waals surface area contributed by atoms with Gasteiger partial charge < -0.3 is 0 Å². The molecule has 3 rings (SSSR count). The van der Waals surface area contributed by atoms with Gasteiger partial charge in [-0.2, -0.15) is 0 Å². The molecule has 94 valence electrons. The summed E-state index contributed by atoms with van der Waals surface area (Å²) >= 11 is 6.03. The minimum absolute atomic E-state index is 0.0728. The van der Waals surface area contributed by atoms with Gasteiger partial charge in [0.2, 0.25) is 0 Å². The van der Waals surface area contributed by atoms with Crippen LogP contribution in [0.4, 0.5) is 0 Å². The lowest BCUT2D eigenvalue weighted by Gasteiger charge is -2.07. The van der Waals surface area contributed by atoms with E-state index in [2.05, 4.69) is 4.98 Å². The van der Waals surface area contributed by atoms with E-state index in [9.17, 15) is 4.79 Å². The average Bonchev–Trinajstić information content (AvgIpc) is 2.44. The van der Waals surface area contributed by atoms with Gasteiger partial charge >= 0.3 is 0 Å². The van der Waals surface area contributed by atoms with E-state index in [4.69, 9.17) is 11.6 Å². The van der Waals surface area contributed by atoms with Crippen LogP contribution in [0, 0.1) is 0 Å². The molecule has 0 bridgehead atoms. The highest BCUT2D eigenvalue weighted by molar-refractivity contribution is 6.34. The Bertz CT molecular complexity index is 781. The predicted molar refractivity (Wildman–Crippen MR) is 76.6 cm³/mol. The Morgan fingerprint density at radius 2 is 1.84 bits per heavy atom. The number of fused-ring (bicyclic) bond motifs is 1. The van der Waals surface area contributed by atoms with Gasteiger partial charge in [0.05, 0.1) is 28.8 Å². The van der Waals surface area contributed by atoms with E-state index in [1.165, 1.54) is 0 Å². The Hall–Kier alpha value is -2.13. The molecule has 4 heteroatoms. The van der Waals surface area contributed by atoms with Crippen molar-refractivity contribution in [3.63, 3.8) is 0 Å². The standard InChI is InChI=1S/C15H11ClN2O/c16-13-8-4-7-12-14(13)17-10-18(15(12)19)9-11-5-2-1-3-6-11/h1-8,10H,9H2. The minimum Gasteiger partial charge on any atom is -0.294 e. The zero-order chi connectivity index (χ0) is 13.2. The summed E-state index contributed by atoms with van der Waals surface area (Å²) < 4.78 is 1.59. The van der Waals surface area contributed by atoms with Gasteiger partial charge in [0, 0.05) is 0 Å². The highest BCUT2D eigenvalue weighted by Crippen LogP contribution is 2.17. The number of halogens is 1. The van der Waals surface area contributed by atoms with E-state index in [-0.39, 0.29) is 5.56 Å². The second-order valence-electron chi connectivity index (χ2n) is 4.30. The summed E-state index contributed by atoms with van der Waals surface area (Å²) in [5.74, 6) is 0. The van der Waals surface area contributed by atoms with Crippen LogP contribution in [0.5, 0.6) is 0 Å². The molecule has 0 fully saturated rings. The summed E-state index contributed by atoms with van der Waals surface area (Å²) in [5, 5.41) is 1.05. The van der Waals surface area contributed by atoms with Gasteiger partial charge in [0.15, 0.2) is 0 Å². The summed E-state index contributed by atoms with van der Waals surface area (Å²) in [7, 11) is 0. The lowest BCUT2D eigenvalue weighted by molar-refractivity contribution is 0.748. The number of rotatable bonds is 2. The van der Waals surface area contributed by atoms with Crippen molar-refractivity contribution >= 4 is 22.5 Å². The van der Waals surface area contributed by atoms with Crippen molar-refractivity contribution in [2.75, 3.05) is 0 Å². The van der Waals surface area contributed by atoms with Crippen LogP contribution in [-0.2, 0) is 6.54 Å². The second kappa shape index (κ2) is 4.86. The fourth-order valence-corrected chi connectivity index (χ4v) is 2.27. The molecule has 0 atom stereocenters. The maximum Gasteiger partial charge on any atom is 0.261 e. The van der Waals surface area contributed by atoms with Crippen LogP contribution in [0.15, 0.2) is 59.7 Å². The SMILES string of the molecule is O=c1c2cccc(Cl)c2ncn1Cc1ccccc1. The molecule has 0 radical (unpaired) electrons. The number of hydrogen-bond acceptors (Lipinski definition) is 2. The Kier molecular flexibility index (Phi) is 3.05. The first-order chi connectivity index (χ1) is 9.25. The van der Waals surface area contributed by atoms with E-state index in [0.717, 1.165) is 5.56 Å². The van der Waals surface area contributed by atoms with E-state index in [1.54, 1.807) is 29.1 Å². The van der Waals surface area contributed by atoms with Crippen molar-refractivity contribution in [2.24, 2.45) is 0 Å². The summed E-state index contributed by atoms with van der Waals surface area (Å²) in [6, 6.07) is 15.1. The average molecular weight is 271 g/mol. The highest BCUT2D eigenvalue weighted by Gasteiger charge is 2.06. The van der Waals surface area contributed by atoms with Crippen molar-refractivity contribution in [2.45, 2.75) is 6.54 Å². The van der Waals surface area contributed by atoms with Gasteiger partial charge in [-0.1, -0.05) is 48.0 Å². The first-order valence-electron chi connectivity index (χ1n) is 5.93. The molecule has 0 amide bonds. The Labute approximate surface area is 115 Å². The monoisotopic (exact) mass is 270 g/mol. The van der Waals surface area contributed by atoms with Crippen LogP contribution in [-0.4, -0.2) is 9.55 Å². The van der Waals surface area contributed by atoms with Crippen LogP contribution in [0.3, 0.4) is 0 Å². The normalized spacial score (nSPS) is 10.8. The number of aromatic nitrogens is 2. The fraction of sp³-hybridized carbons (Fsp3) is 0.0667. The third kappa shape index (κ3) is 2.25. The lowest BCUT2D eigenvalue weighted by atomic mass is 10.2. The smallest absolute Gasteiger partial charge is 0.261 e. The zero-order valence-electron chi connectivity index (χ0n) is 10.1. The molecule has 3 aromatic rings. The Morgan fingerprint density at radius 1 is 1.05 bits per heavy atom. The molecule has 3 nitrogen and oxygen atoms in total. The molecule has 1 heterocycles. The number of hydrogen-bond donors (Lipinski definition) is 0. The van der Waals surface area contributed by atoms with Gasteiger partial charge in [0.25, 0.3) is 5.56 Å². The lowest BCUT2D eigenvalue weighted by Crippen LogP contribution is -2.21. The van der Waals surface area contributed by atoms with Gasteiger partial charge in [-0.15, -0.1) is 0 Å². The van der Waals surface area contributed by atoms with Crippen LogP contribution >= 0.6 is 11.6 Å². The van der Waals surface area contributed by atoms with Crippen LogP contribution in [0.2, 0.25) is 5.02 Å². The van der Waals surface area contributed by atoms with Gasteiger partial charge in [-0.05, 0) is 17.7 Å².